The average Bonchev–Trinajstić information content (AvgIpc) is 2.57. The topological polar surface area (TPSA) is 34.2 Å². The van der Waals surface area contributed by atoms with Crippen molar-refractivity contribution < 1.29 is 14.2 Å². The van der Waals surface area contributed by atoms with Crippen LogP contribution in [-0.4, -0.2) is 62.7 Å². The van der Waals surface area contributed by atoms with Crippen LogP contribution in [0.2, 0.25) is 0 Å². The van der Waals surface area contributed by atoms with Crippen LogP contribution in [-0.2, 0) is 4.74 Å². The summed E-state index contributed by atoms with van der Waals surface area (Å²) >= 11 is 0. The predicted octanol–water partition coefficient (Wildman–Crippen LogP) is 2.81. The van der Waals surface area contributed by atoms with E-state index in [0.29, 0.717) is 13.2 Å². The van der Waals surface area contributed by atoms with Crippen molar-refractivity contribution >= 4 is 0 Å². The van der Waals surface area contributed by atoms with E-state index in [2.05, 4.69) is 37.7 Å². The molecule has 2 atom stereocenters. The molecule has 2 unspecified atom stereocenters. The van der Waals surface area contributed by atoms with Gasteiger partial charge in [0.2, 0.25) is 0 Å². The van der Waals surface area contributed by atoms with E-state index >= 15 is 0 Å². The van der Waals surface area contributed by atoms with E-state index in [1.807, 2.05) is 24.3 Å². The van der Waals surface area contributed by atoms with Gasteiger partial charge in [-0.2, -0.15) is 0 Å². The van der Waals surface area contributed by atoms with Crippen LogP contribution in [0.4, 0.5) is 0 Å². The van der Waals surface area contributed by atoms with Crippen LogP contribution < -0.4 is 9.47 Å². The van der Waals surface area contributed by atoms with Crippen molar-refractivity contribution in [2.75, 3.05) is 40.4 Å². The van der Waals surface area contributed by atoms with Gasteiger partial charge in [-0.1, -0.05) is 19.9 Å². The molecule has 5 heteroatoms. The highest BCUT2D eigenvalue weighted by Crippen LogP contribution is 2.24. The first-order valence-corrected chi connectivity index (χ1v) is 8.55. The van der Waals surface area contributed by atoms with Gasteiger partial charge in [0.05, 0.1) is 13.2 Å². The Hall–Kier alpha value is -1.30. The van der Waals surface area contributed by atoms with Gasteiger partial charge in [0.1, 0.15) is 11.5 Å². The van der Waals surface area contributed by atoms with Gasteiger partial charge < -0.3 is 14.2 Å². The van der Waals surface area contributed by atoms with Crippen LogP contribution in [0.3, 0.4) is 0 Å². The van der Waals surface area contributed by atoms with E-state index in [-0.39, 0.29) is 12.5 Å². The van der Waals surface area contributed by atoms with Crippen molar-refractivity contribution in [1.29, 1.82) is 0 Å². The molecular weight excluding hydrogens is 292 g/mol. The molecule has 0 amide bonds. The lowest BCUT2D eigenvalue weighted by Crippen LogP contribution is -2.39. The zero-order valence-electron chi connectivity index (χ0n) is 14.8. The van der Waals surface area contributed by atoms with Gasteiger partial charge in [-0.3, -0.25) is 9.80 Å². The molecular formula is C18H30N2O3. The molecule has 0 saturated carbocycles. The van der Waals surface area contributed by atoms with Crippen molar-refractivity contribution in [2.45, 2.75) is 39.1 Å². The highest BCUT2D eigenvalue weighted by atomic mass is 16.5. The summed E-state index contributed by atoms with van der Waals surface area (Å²) in [6, 6.07) is 7.93. The zero-order chi connectivity index (χ0) is 16.7. The molecule has 0 saturated heterocycles. The first kappa shape index (κ1) is 18.0. The van der Waals surface area contributed by atoms with E-state index in [1.54, 1.807) is 0 Å². The van der Waals surface area contributed by atoms with Gasteiger partial charge in [-0.15, -0.1) is 0 Å². The van der Waals surface area contributed by atoms with Crippen LogP contribution in [0.5, 0.6) is 11.5 Å². The molecule has 1 aliphatic rings. The lowest BCUT2D eigenvalue weighted by Gasteiger charge is -2.30. The molecule has 130 valence electrons. The lowest BCUT2D eigenvalue weighted by molar-refractivity contribution is -0.0128. The Morgan fingerprint density at radius 3 is 1.83 bits per heavy atom. The molecule has 2 bridgehead atoms. The minimum atomic E-state index is 0.0174. The summed E-state index contributed by atoms with van der Waals surface area (Å²) in [6.45, 7) is 7.51. The summed E-state index contributed by atoms with van der Waals surface area (Å²) < 4.78 is 18.1. The number of hydrogen-bond donors (Lipinski definition) is 0. The van der Waals surface area contributed by atoms with E-state index in [9.17, 15) is 0 Å². The number of nitrogens with zero attached hydrogens (tertiary/aromatic N) is 2. The fraction of sp³-hybridized carbons (Fsp3) is 0.667. The molecule has 0 spiro atoms. The van der Waals surface area contributed by atoms with Gasteiger partial charge in [0, 0.05) is 18.9 Å². The summed E-state index contributed by atoms with van der Waals surface area (Å²) in [5.41, 5.74) is 0. The molecule has 0 radical (unpaired) electrons. The Morgan fingerprint density at radius 2 is 1.39 bits per heavy atom. The standard InChI is InChI=1S/C18H30N2O3/c1-5-19(3)17-10-12-21-13-11-18(20(4)6-2)23-16-9-7-8-15(14-16)22-17/h7-9,14,17-18H,5-6,10-13H2,1-4H3. The van der Waals surface area contributed by atoms with E-state index in [0.717, 1.165) is 37.4 Å². The maximum Gasteiger partial charge on any atom is 0.154 e. The molecule has 0 aromatic heterocycles. The van der Waals surface area contributed by atoms with E-state index in [1.165, 1.54) is 0 Å². The SMILES string of the molecule is CCN(C)C1CCOCCC(N(C)CC)Oc2cccc(c2)O1. The monoisotopic (exact) mass is 322 g/mol. The molecule has 23 heavy (non-hydrogen) atoms. The van der Waals surface area contributed by atoms with Crippen LogP contribution in [0.15, 0.2) is 24.3 Å². The van der Waals surface area contributed by atoms with Crippen LogP contribution in [0.25, 0.3) is 0 Å². The molecule has 1 aromatic rings. The van der Waals surface area contributed by atoms with Gasteiger partial charge in [-0.25, -0.2) is 0 Å². The minimum absolute atomic E-state index is 0.0174. The van der Waals surface area contributed by atoms with Gasteiger partial charge in [0.15, 0.2) is 12.5 Å². The molecule has 2 rings (SSSR count). The highest BCUT2D eigenvalue weighted by molar-refractivity contribution is 5.33. The maximum absolute atomic E-state index is 6.15. The Balaban J connectivity index is 2.18. The van der Waals surface area contributed by atoms with Crippen molar-refractivity contribution in [3.63, 3.8) is 0 Å². The van der Waals surface area contributed by atoms with Crippen LogP contribution in [0, 0.1) is 0 Å². The number of ether oxygens (including phenoxy) is 3. The second kappa shape index (κ2) is 9.11. The third kappa shape index (κ3) is 5.37. The fourth-order valence-electron chi connectivity index (χ4n) is 2.55. The lowest BCUT2D eigenvalue weighted by atomic mass is 10.3. The number of rotatable bonds is 4. The van der Waals surface area contributed by atoms with Gasteiger partial charge >= 0.3 is 0 Å². The predicted molar refractivity (Wildman–Crippen MR) is 91.9 cm³/mol. The number of fused-ring (bicyclic) bond motifs is 2. The first-order valence-electron chi connectivity index (χ1n) is 8.55. The third-order valence-electron chi connectivity index (χ3n) is 4.35. The largest absolute Gasteiger partial charge is 0.475 e. The van der Waals surface area contributed by atoms with E-state index in [4.69, 9.17) is 14.2 Å². The summed E-state index contributed by atoms with van der Waals surface area (Å²) in [5, 5.41) is 0. The minimum Gasteiger partial charge on any atom is -0.475 e. The normalized spacial score (nSPS) is 22.9. The summed E-state index contributed by atoms with van der Waals surface area (Å²) in [7, 11) is 4.15. The second-order valence-electron chi connectivity index (χ2n) is 5.96. The van der Waals surface area contributed by atoms with Crippen molar-refractivity contribution in [3.05, 3.63) is 24.3 Å². The Labute approximate surface area is 140 Å². The fourth-order valence-corrected chi connectivity index (χ4v) is 2.55. The quantitative estimate of drug-likeness (QED) is 0.851. The van der Waals surface area contributed by atoms with Crippen LogP contribution in [0.1, 0.15) is 26.7 Å². The second-order valence-corrected chi connectivity index (χ2v) is 5.96. The average molecular weight is 322 g/mol. The molecule has 1 aromatic carbocycles. The maximum atomic E-state index is 6.15. The summed E-state index contributed by atoms with van der Waals surface area (Å²) in [5.74, 6) is 1.68. The van der Waals surface area contributed by atoms with Crippen LogP contribution >= 0.6 is 0 Å². The third-order valence-corrected chi connectivity index (χ3v) is 4.35. The zero-order valence-corrected chi connectivity index (χ0v) is 14.8. The Kier molecular flexibility index (Phi) is 7.15. The summed E-state index contributed by atoms with van der Waals surface area (Å²) in [4.78, 5) is 4.38. The number of benzene rings is 1. The molecule has 0 N–H and O–H groups in total. The Morgan fingerprint density at radius 1 is 0.913 bits per heavy atom. The highest BCUT2D eigenvalue weighted by Gasteiger charge is 2.19. The molecule has 0 fully saturated rings. The smallest absolute Gasteiger partial charge is 0.154 e. The van der Waals surface area contributed by atoms with Crippen molar-refractivity contribution in [3.8, 4) is 11.5 Å². The molecule has 1 aliphatic heterocycles. The number of hydrogen-bond acceptors (Lipinski definition) is 5. The molecule has 1 heterocycles. The van der Waals surface area contributed by atoms with Crippen molar-refractivity contribution in [2.24, 2.45) is 0 Å². The summed E-state index contributed by atoms with van der Waals surface area (Å²) in [6.07, 6.45) is 1.74. The van der Waals surface area contributed by atoms with Crippen molar-refractivity contribution in [1.82, 2.24) is 9.80 Å². The molecule has 0 aliphatic carbocycles. The van der Waals surface area contributed by atoms with Gasteiger partial charge in [-0.05, 0) is 39.3 Å². The first-order chi connectivity index (χ1) is 11.1. The Bertz CT molecular complexity index is 432. The molecule has 5 nitrogen and oxygen atoms in total. The van der Waals surface area contributed by atoms with Gasteiger partial charge in [0.25, 0.3) is 0 Å². The van der Waals surface area contributed by atoms with E-state index < -0.39 is 0 Å².